The molecule has 2 aromatic rings. The monoisotopic (exact) mass is 302 g/mol. The van der Waals surface area contributed by atoms with Crippen molar-refractivity contribution in [3.63, 3.8) is 0 Å². The second-order valence-electron chi connectivity index (χ2n) is 6.13. The van der Waals surface area contributed by atoms with Gasteiger partial charge in [-0.3, -0.25) is 0 Å². The van der Waals surface area contributed by atoms with Crippen molar-refractivity contribution in [2.75, 3.05) is 6.54 Å². The molecule has 2 heterocycles. The number of thiazole rings is 1. The average molecular weight is 302 g/mol. The molecule has 0 saturated heterocycles. The third-order valence-electron chi connectivity index (χ3n) is 3.73. The maximum absolute atomic E-state index is 6.22. The van der Waals surface area contributed by atoms with Crippen LogP contribution in [0, 0.1) is 0 Å². The van der Waals surface area contributed by atoms with Crippen LogP contribution < -0.4 is 10.1 Å². The van der Waals surface area contributed by atoms with E-state index in [1.807, 2.05) is 11.6 Å². The molecule has 1 aliphatic rings. The standard InChI is InChI=1S/C17H22N2OS/c1-4-8-18-14(16-19-9-10-21-16)13-7-5-6-12-11-17(2,3)20-15(12)13/h5-7,9-10,14,18H,4,8,11H2,1-3H3. The fraction of sp³-hybridized carbons (Fsp3) is 0.471. The highest BCUT2D eigenvalue weighted by atomic mass is 32.1. The van der Waals surface area contributed by atoms with Crippen LogP contribution in [0.5, 0.6) is 5.75 Å². The van der Waals surface area contributed by atoms with Crippen LogP contribution in [-0.2, 0) is 6.42 Å². The van der Waals surface area contributed by atoms with E-state index in [2.05, 4.69) is 49.3 Å². The van der Waals surface area contributed by atoms with Crippen LogP contribution in [0.15, 0.2) is 29.8 Å². The molecule has 1 aromatic carbocycles. The smallest absolute Gasteiger partial charge is 0.128 e. The zero-order valence-corrected chi connectivity index (χ0v) is 13.7. The normalized spacial score (nSPS) is 17.3. The van der Waals surface area contributed by atoms with Gasteiger partial charge in [-0.15, -0.1) is 11.3 Å². The quantitative estimate of drug-likeness (QED) is 0.908. The van der Waals surface area contributed by atoms with Crippen molar-refractivity contribution >= 4 is 11.3 Å². The Kier molecular flexibility index (Phi) is 4.00. The summed E-state index contributed by atoms with van der Waals surface area (Å²) in [4.78, 5) is 4.51. The van der Waals surface area contributed by atoms with E-state index >= 15 is 0 Å². The Bertz CT molecular complexity index is 607. The lowest BCUT2D eigenvalue weighted by Gasteiger charge is -2.22. The van der Waals surface area contributed by atoms with Crippen molar-refractivity contribution in [1.29, 1.82) is 0 Å². The summed E-state index contributed by atoms with van der Waals surface area (Å²) in [6, 6.07) is 6.59. The molecular formula is C17H22N2OS. The number of para-hydroxylation sites is 1. The fourth-order valence-corrected chi connectivity index (χ4v) is 3.59. The highest BCUT2D eigenvalue weighted by Gasteiger charge is 2.33. The molecular weight excluding hydrogens is 280 g/mol. The Balaban J connectivity index is 2.00. The molecule has 112 valence electrons. The first kappa shape index (κ1) is 14.5. The van der Waals surface area contributed by atoms with Crippen LogP contribution in [0.3, 0.4) is 0 Å². The topological polar surface area (TPSA) is 34.2 Å². The molecule has 1 unspecified atom stereocenters. The number of nitrogens with zero attached hydrogens (tertiary/aromatic N) is 1. The summed E-state index contributed by atoms with van der Waals surface area (Å²) in [5.41, 5.74) is 2.40. The van der Waals surface area contributed by atoms with Crippen molar-refractivity contribution in [2.45, 2.75) is 45.3 Å². The van der Waals surface area contributed by atoms with Gasteiger partial charge in [0.15, 0.2) is 0 Å². The Morgan fingerprint density at radius 3 is 3.00 bits per heavy atom. The molecule has 0 amide bonds. The van der Waals surface area contributed by atoms with E-state index in [9.17, 15) is 0 Å². The summed E-state index contributed by atoms with van der Waals surface area (Å²) in [5.74, 6) is 1.05. The molecule has 0 saturated carbocycles. The highest BCUT2D eigenvalue weighted by molar-refractivity contribution is 7.09. The average Bonchev–Trinajstić information content (AvgIpc) is 3.05. The fourth-order valence-electron chi connectivity index (χ4n) is 2.86. The summed E-state index contributed by atoms with van der Waals surface area (Å²) >= 11 is 1.69. The second kappa shape index (κ2) is 5.78. The minimum absolute atomic E-state index is 0.114. The van der Waals surface area contributed by atoms with Gasteiger partial charge < -0.3 is 10.1 Å². The lowest BCUT2D eigenvalue weighted by molar-refractivity contribution is 0.136. The van der Waals surface area contributed by atoms with Gasteiger partial charge in [-0.2, -0.15) is 0 Å². The predicted molar refractivity (Wildman–Crippen MR) is 87.1 cm³/mol. The van der Waals surface area contributed by atoms with E-state index in [0.29, 0.717) is 0 Å². The minimum atomic E-state index is -0.114. The highest BCUT2D eigenvalue weighted by Crippen LogP contribution is 2.41. The molecule has 0 aliphatic carbocycles. The van der Waals surface area contributed by atoms with E-state index in [-0.39, 0.29) is 11.6 Å². The van der Waals surface area contributed by atoms with Crippen LogP contribution in [0.25, 0.3) is 0 Å². The number of rotatable bonds is 5. The predicted octanol–water partition coefficient (Wildman–Crippen LogP) is 3.95. The molecule has 1 aliphatic heterocycles. The zero-order chi connectivity index (χ0) is 14.9. The van der Waals surface area contributed by atoms with E-state index in [1.165, 1.54) is 11.1 Å². The van der Waals surface area contributed by atoms with Crippen molar-refractivity contribution in [3.05, 3.63) is 45.9 Å². The van der Waals surface area contributed by atoms with Crippen molar-refractivity contribution in [3.8, 4) is 5.75 Å². The number of aromatic nitrogens is 1. The number of hydrogen-bond donors (Lipinski definition) is 1. The van der Waals surface area contributed by atoms with Crippen LogP contribution in [0.1, 0.15) is 49.4 Å². The van der Waals surface area contributed by atoms with Gasteiger partial charge in [0.25, 0.3) is 0 Å². The van der Waals surface area contributed by atoms with Crippen molar-refractivity contribution in [1.82, 2.24) is 10.3 Å². The number of fused-ring (bicyclic) bond motifs is 1. The number of ether oxygens (including phenoxy) is 1. The first-order valence-electron chi connectivity index (χ1n) is 7.54. The third kappa shape index (κ3) is 2.97. The number of nitrogens with one attached hydrogen (secondary N) is 1. The molecule has 21 heavy (non-hydrogen) atoms. The molecule has 0 bridgehead atoms. The Hall–Kier alpha value is -1.39. The van der Waals surface area contributed by atoms with Gasteiger partial charge in [0.1, 0.15) is 16.4 Å². The molecule has 4 heteroatoms. The zero-order valence-electron chi connectivity index (χ0n) is 12.8. The molecule has 3 rings (SSSR count). The molecule has 0 spiro atoms. The molecule has 3 nitrogen and oxygen atoms in total. The van der Waals surface area contributed by atoms with Gasteiger partial charge in [-0.05, 0) is 32.4 Å². The number of benzene rings is 1. The van der Waals surface area contributed by atoms with E-state index in [0.717, 1.165) is 30.1 Å². The lowest BCUT2D eigenvalue weighted by atomic mass is 9.98. The Morgan fingerprint density at radius 2 is 2.29 bits per heavy atom. The third-order valence-corrected chi connectivity index (χ3v) is 4.57. The summed E-state index contributed by atoms with van der Waals surface area (Å²) in [6.45, 7) is 7.45. The van der Waals surface area contributed by atoms with Gasteiger partial charge in [0.2, 0.25) is 0 Å². The van der Waals surface area contributed by atoms with Gasteiger partial charge in [0, 0.05) is 23.6 Å². The van der Waals surface area contributed by atoms with Crippen molar-refractivity contribution < 1.29 is 4.74 Å². The van der Waals surface area contributed by atoms with Crippen molar-refractivity contribution in [2.24, 2.45) is 0 Å². The van der Waals surface area contributed by atoms with Gasteiger partial charge in [-0.1, -0.05) is 25.1 Å². The van der Waals surface area contributed by atoms with Gasteiger partial charge >= 0.3 is 0 Å². The van der Waals surface area contributed by atoms with E-state index in [4.69, 9.17) is 4.74 Å². The summed E-state index contributed by atoms with van der Waals surface area (Å²) in [5, 5.41) is 6.75. The van der Waals surface area contributed by atoms with Gasteiger partial charge in [0.05, 0.1) is 6.04 Å². The summed E-state index contributed by atoms with van der Waals surface area (Å²) in [7, 11) is 0. The first-order chi connectivity index (χ1) is 10.1. The van der Waals surface area contributed by atoms with Crippen LogP contribution >= 0.6 is 11.3 Å². The Morgan fingerprint density at radius 1 is 1.43 bits per heavy atom. The van der Waals surface area contributed by atoms with E-state index in [1.54, 1.807) is 11.3 Å². The molecule has 1 N–H and O–H groups in total. The molecule has 0 radical (unpaired) electrons. The van der Waals surface area contributed by atoms with Gasteiger partial charge in [-0.25, -0.2) is 4.98 Å². The minimum Gasteiger partial charge on any atom is -0.487 e. The Labute approximate surface area is 130 Å². The summed E-state index contributed by atoms with van der Waals surface area (Å²) < 4.78 is 6.22. The van der Waals surface area contributed by atoms with Crippen LogP contribution in [0.4, 0.5) is 0 Å². The van der Waals surface area contributed by atoms with E-state index < -0.39 is 0 Å². The largest absolute Gasteiger partial charge is 0.487 e. The maximum Gasteiger partial charge on any atom is 0.128 e. The molecule has 0 fully saturated rings. The van der Waals surface area contributed by atoms with Crippen LogP contribution in [-0.4, -0.2) is 17.1 Å². The molecule has 1 aromatic heterocycles. The summed E-state index contributed by atoms with van der Waals surface area (Å²) in [6.07, 6.45) is 3.94. The second-order valence-corrected chi connectivity index (χ2v) is 7.06. The maximum atomic E-state index is 6.22. The number of hydrogen-bond acceptors (Lipinski definition) is 4. The first-order valence-corrected chi connectivity index (χ1v) is 8.42. The lowest BCUT2D eigenvalue weighted by Crippen LogP contribution is -2.26. The molecule has 1 atom stereocenters. The SMILES string of the molecule is CCCNC(c1nccs1)c1cccc2c1OC(C)(C)C2. The van der Waals surface area contributed by atoms with Crippen LogP contribution in [0.2, 0.25) is 0 Å².